The number of hydrogen-bond acceptors (Lipinski definition) is 5. The molecule has 0 unspecified atom stereocenters. The van der Waals surface area contributed by atoms with Crippen molar-refractivity contribution >= 4 is 40.1 Å². The second-order valence-electron chi connectivity index (χ2n) is 8.12. The summed E-state index contributed by atoms with van der Waals surface area (Å²) in [6.45, 7) is 2.71. The van der Waals surface area contributed by atoms with Crippen molar-refractivity contribution in [2.45, 2.75) is 25.4 Å². The Balaban J connectivity index is 1.35. The van der Waals surface area contributed by atoms with Crippen LogP contribution in [0.3, 0.4) is 0 Å². The Labute approximate surface area is 183 Å². The number of fused-ring (bicyclic) bond motifs is 2. The molecule has 158 valence electrons. The van der Waals surface area contributed by atoms with Crippen molar-refractivity contribution in [3.05, 3.63) is 74.6 Å². The summed E-state index contributed by atoms with van der Waals surface area (Å²) in [5, 5.41) is 7.40. The SMILES string of the molecule is Cc1ccc2oc(C(=O)N3CCC4(CC3)NC(=O)c3cc(Cl)ccc3N4)cc(=O)c2c1. The molecule has 31 heavy (non-hydrogen) atoms. The molecule has 2 aliphatic heterocycles. The average molecular weight is 438 g/mol. The van der Waals surface area contributed by atoms with Crippen molar-refractivity contribution in [1.82, 2.24) is 10.2 Å². The summed E-state index contributed by atoms with van der Waals surface area (Å²) in [6.07, 6.45) is 1.03. The van der Waals surface area contributed by atoms with Crippen LogP contribution in [-0.4, -0.2) is 35.5 Å². The summed E-state index contributed by atoms with van der Waals surface area (Å²) >= 11 is 6.00. The minimum absolute atomic E-state index is 0.0259. The van der Waals surface area contributed by atoms with Crippen molar-refractivity contribution in [2.24, 2.45) is 0 Å². The van der Waals surface area contributed by atoms with E-state index in [1.54, 1.807) is 35.2 Å². The molecule has 3 aromatic rings. The van der Waals surface area contributed by atoms with Crippen molar-refractivity contribution < 1.29 is 14.0 Å². The Kier molecular flexibility index (Phi) is 4.51. The van der Waals surface area contributed by atoms with E-state index in [2.05, 4.69) is 10.6 Å². The van der Waals surface area contributed by atoms with Gasteiger partial charge >= 0.3 is 0 Å². The highest BCUT2D eigenvalue weighted by Crippen LogP contribution is 2.33. The molecule has 1 fully saturated rings. The summed E-state index contributed by atoms with van der Waals surface area (Å²) in [7, 11) is 0. The minimum atomic E-state index is -0.629. The van der Waals surface area contributed by atoms with Gasteiger partial charge in [0.1, 0.15) is 11.2 Å². The zero-order valence-corrected chi connectivity index (χ0v) is 17.6. The number of anilines is 1. The number of likely N-dealkylation sites (tertiary alicyclic amines) is 1. The molecular weight excluding hydrogens is 418 g/mol. The monoisotopic (exact) mass is 437 g/mol. The molecule has 0 saturated carbocycles. The van der Waals surface area contributed by atoms with E-state index in [1.807, 2.05) is 13.0 Å². The van der Waals surface area contributed by atoms with Crippen LogP contribution in [0.15, 0.2) is 51.7 Å². The lowest BCUT2D eigenvalue weighted by atomic mass is 9.92. The molecule has 1 saturated heterocycles. The molecule has 2 N–H and O–H groups in total. The number of hydrogen-bond donors (Lipinski definition) is 2. The number of benzene rings is 2. The second kappa shape index (κ2) is 7.13. The Morgan fingerprint density at radius 2 is 1.84 bits per heavy atom. The van der Waals surface area contributed by atoms with Crippen LogP contribution in [0.5, 0.6) is 0 Å². The highest BCUT2D eigenvalue weighted by molar-refractivity contribution is 6.31. The second-order valence-corrected chi connectivity index (χ2v) is 8.55. The van der Waals surface area contributed by atoms with Gasteiger partial charge in [-0.2, -0.15) is 0 Å². The highest BCUT2D eigenvalue weighted by atomic mass is 35.5. The molecule has 7 nitrogen and oxygen atoms in total. The number of nitrogens with zero attached hydrogens (tertiary/aromatic N) is 1. The lowest BCUT2D eigenvalue weighted by molar-refractivity contribution is 0.0612. The predicted octanol–water partition coefficient (Wildman–Crippen LogP) is 3.54. The van der Waals surface area contributed by atoms with E-state index in [-0.39, 0.29) is 23.0 Å². The number of aryl methyl sites for hydroxylation is 1. The largest absolute Gasteiger partial charge is 0.451 e. The zero-order chi connectivity index (χ0) is 21.8. The lowest BCUT2D eigenvalue weighted by Gasteiger charge is -2.45. The molecule has 0 aliphatic carbocycles. The number of halogens is 1. The van der Waals surface area contributed by atoms with Gasteiger partial charge in [0, 0.05) is 42.7 Å². The molecule has 3 heterocycles. The van der Waals surface area contributed by atoms with Gasteiger partial charge in [-0.3, -0.25) is 14.4 Å². The zero-order valence-electron chi connectivity index (χ0n) is 16.8. The van der Waals surface area contributed by atoms with Gasteiger partial charge in [0.15, 0.2) is 11.2 Å². The lowest BCUT2D eigenvalue weighted by Crippen LogP contribution is -2.62. The van der Waals surface area contributed by atoms with Crippen molar-refractivity contribution in [3.8, 4) is 0 Å². The molecule has 5 rings (SSSR count). The van der Waals surface area contributed by atoms with Crippen LogP contribution in [0.25, 0.3) is 11.0 Å². The summed E-state index contributed by atoms with van der Waals surface area (Å²) in [5.41, 5.74) is 1.71. The first-order valence-electron chi connectivity index (χ1n) is 10.1. The maximum atomic E-state index is 13.0. The van der Waals surface area contributed by atoms with Gasteiger partial charge < -0.3 is 20.0 Å². The molecule has 1 spiro atoms. The van der Waals surface area contributed by atoms with Crippen molar-refractivity contribution in [2.75, 3.05) is 18.4 Å². The topological polar surface area (TPSA) is 91.7 Å². The van der Waals surface area contributed by atoms with E-state index in [4.69, 9.17) is 16.0 Å². The van der Waals surface area contributed by atoms with Crippen LogP contribution in [0.1, 0.15) is 39.3 Å². The fourth-order valence-corrected chi connectivity index (χ4v) is 4.43. The normalized spacial score (nSPS) is 17.2. The van der Waals surface area contributed by atoms with E-state index in [9.17, 15) is 14.4 Å². The quantitative estimate of drug-likeness (QED) is 0.607. The summed E-state index contributed by atoms with van der Waals surface area (Å²) in [6, 6.07) is 11.7. The first-order valence-corrected chi connectivity index (χ1v) is 10.5. The molecule has 2 amide bonds. The van der Waals surface area contributed by atoms with Crippen LogP contribution in [0, 0.1) is 6.92 Å². The number of piperidine rings is 1. The fourth-order valence-electron chi connectivity index (χ4n) is 4.26. The van der Waals surface area contributed by atoms with Gasteiger partial charge in [0.05, 0.1) is 10.9 Å². The Morgan fingerprint density at radius 1 is 1.06 bits per heavy atom. The van der Waals surface area contributed by atoms with Gasteiger partial charge in [0.25, 0.3) is 11.8 Å². The summed E-state index contributed by atoms with van der Waals surface area (Å²) in [4.78, 5) is 39.7. The van der Waals surface area contributed by atoms with E-state index in [1.165, 1.54) is 6.07 Å². The molecule has 0 radical (unpaired) electrons. The third kappa shape index (κ3) is 3.45. The number of amides is 2. The highest BCUT2D eigenvalue weighted by Gasteiger charge is 2.41. The molecule has 2 aliphatic rings. The van der Waals surface area contributed by atoms with Crippen LogP contribution in [-0.2, 0) is 0 Å². The van der Waals surface area contributed by atoms with E-state index in [0.29, 0.717) is 47.5 Å². The maximum absolute atomic E-state index is 13.0. The van der Waals surface area contributed by atoms with Crippen molar-refractivity contribution in [3.63, 3.8) is 0 Å². The molecule has 8 heteroatoms. The van der Waals surface area contributed by atoms with Crippen LogP contribution in [0.2, 0.25) is 5.02 Å². The van der Waals surface area contributed by atoms with E-state index >= 15 is 0 Å². The molecular formula is C23H20ClN3O4. The first-order chi connectivity index (χ1) is 14.8. The molecule has 2 aromatic carbocycles. The Hall–Kier alpha value is -3.32. The number of carbonyl (C=O) groups is 2. The van der Waals surface area contributed by atoms with Gasteiger partial charge in [-0.1, -0.05) is 23.2 Å². The average Bonchev–Trinajstić information content (AvgIpc) is 2.75. The van der Waals surface area contributed by atoms with Crippen LogP contribution >= 0.6 is 11.6 Å². The molecule has 0 bridgehead atoms. The maximum Gasteiger partial charge on any atom is 0.289 e. The minimum Gasteiger partial charge on any atom is -0.451 e. The van der Waals surface area contributed by atoms with Gasteiger partial charge in [-0.05, 0) is 37.3 Å². The van der Waals surface area contributed by atoms with Gasteiger partial charge in [-0.25, -0.2) is 0 Å². The van der Waals surface area contributed by atoms with Crippen LogP contribution in [0.4, 0.5) is 5.69 Å². The number of rotatable bonds is 1. The van der Waals surface area contributed by atoms with Gasteiger partial charge in [0.2, 0.25) is 0 Å². The number of nitrogens with one attached hydrogen (secondary N) is 2. The van der Waals surface area contributed by atoms with E-state index < -0.39 is 5.66 Å². The van der Waals surface area contributed by atoms with Crippen molar-refractivity contribution in [1.29, 1.82) is 0 Å². The van der Waals surface area contributed by atoms with Gasteiger partial charge in [-0.15, -0.1) is 0 Å². The Bertz CT molecular complexity index is 1290. The van der Waals surface area contributed by atoms with Crippen LogP contribution < -0.4 is 16.1 Å². The standard InChI is InChI=1S/C23H20ClN3O4/c1-13-2-5-19-16(10-13)18(28)12-20(31-19)22(30)27-8-6-23(7-9-27)25-17-4-3-14(24)11-15(17)21(29)26-23/h2-5,10-12,25H,6-9H2,1H3,(H,26,29). The molecule has 0 atom stereocenters. The third-order valence-corrected chi connectivity index (χ3v) is 6.19. The first kappa shape index (κ1) is 19.6. The smallest absolute Gasteiger partial charge is 0.289 e. The Morgan fingerprint density at radius 3 is 2.61 bits per heavy atom. The predicted molar refractivity (Wildman–Crippen MR) is 118 cm³/mol. The summed E-state index contributed by atoms with van der Waals surface area (Å²) in [5.74, 6) is -0.492. The summed E-state index contributed by atoms with van der Waals surface area (Å²) < 4.78 is 5.74. The third-order valence-electron chi connectivity index (χ3n) is 5.95. The van der Waals surface area contributed by atoms with E-state index in [0.717, 1.165) is 11.3 Å². The number of carbonyl (C=O) groups excluding carboxylic acids is 2. The fraction of sp³-hybridized carbons (Fsp3) is 0.261. The molecule has 1 aromatic heterocycles.